The van der Waals surface area contributed by atoms with Gasteiger partial charge in [-0.1, -0.05) is 0 Å². The predicted octanol–water partition coefficient (Wildman–Crippen LogP) is 1.66. The number of Topliss-reactive ketones (excluding diaryl/α,β-unsaturated/α-hetero) is 1. The lowest BCUT2D eigenvalue weighted by Gasteiger charge is -2.26. The first kappa shape index (κ1) is 14.4. The molecule has 2 rings (SSSR count). The molecule has 1 aliphatic heterocycles. The molecule has 0 spiro atoms. The van der Waals surface area contributed by atoms with E-state index in [4.69, 9.17) is 9.47 Å². The van der Waals surface area contributed by atoms with Gasteiger partial charge in [0.2, 0.25) is 5.91 Å². The fourth-order valence-corrected chi connectivity index (χ4v) is 2.09. The number of nitrogens with zero attached hydrogens (tertiary/aromatic N) is 1. The van der Waals surface area contributed by atoms with Gasteiger partial charge in [-0.05, 0) is 24.3 Å². The zero-order valence-corrected chi connectivity index (χ0v) is 11.6. The van der Waals surface area contributed by atoms with E-state index in [2.05, 4.69) is 0 Å². The number of ether oxygens (including phenoxy) is 2. The third kappa shape index (κ3) is 3.98. The number of carbonyl (C=O) groups excluding carboxylic acids is 2. The molecule has 5 nitrogen and oxygen atoms in total. The SMILES string of the molecule is COc1ccc(OCCC(=O)N2CCC(=O)CC2)cc1. The number of hydrogen-bond acceptors (Lipinski definition) is 4. The Balaban J connectivity index is 1.72. The molecule has 1 saturated heterocycles. The molecular formula is C15H19NO4. The number of piperidine rings is 1. The Labute approximate surface area is 118 Å². The van der Waals surface area contributed by atoms with E-state index in [0.29, 0.717) is 44.7 Å². The van der Waals surface area contributed by atoms with Crippen molar-refractivity contribution in [2.24, 2.45) is 0 Å². The molecule has 0 aromatic heterocycles. The average Bonchev–Trinajstić information content (AvgIpc) is 2.48. The number of likely N-dealkylation sites (tertiary alicyclic amines) is 1. The quantitative estimate of drug-likeness (QED) is 0.821. The van der Waals surface area contributed by atoms with Gasteiger partial charge >= 0.3 is 0 Å². The number of hydrogen-bond donors (Lipinski definition) is 0. The van der Waals surface area contributed by atoms with Crippen LogP contribution in [0, 0.1) is 0 Å². The fraction of sp³-hybridized carbons (Fsp3) is 0.467. The summed E-state index contributed by atoms with van der Waals surface area (Å²) in [6.45, 7) is 1.43. The number of carbonyl (C=O) groups is 2. The lowest BCUT2D eigenvalue weighted by Crippen LogP contribution is -2.39. The highest BCUT2D eigenvalue weighted by atomic mass is 16.5. The minimum absolute atomic E-state index is 0.0472. The van der Waals surface area contributed by atoms with Crippen molar-refractivity contribution in [1.82, 2.24) is 4.90 Å². The topological polar surface area (TPSA) is 55.8 Å². The molecule has 1 aliphatic rings. The Bertz CT molecular complexity index is 459. The van der Waals surface area contributed by atoms with Gasteiger partial charge in [0.15, 0.2) is 0 Å². The van der Waals surface area contributed by atoms with Crippen molar-refractivity contribution >= 4 is 11.7 Å². The minimum Gasteiger partial charge on any atom is -0.497 e. The summed E-state index contributed by atoms with van der Waals surface area (Å²) in [6.07, 6.45) is 1.29. The molecule has 5 heteroatoms. The van der Waals surface area contributed by atoms with Crippen LogP contribution in [-0.4, -0.2) is 43.4 Å². The first-order chi connectivity index (χ1) is 9.69. The van der Waals surface area contributed by atoms with Crippen LogP contribution in [0.25, 0.3) is 0 Å². The number of benzene rings is 1. The van der Waals surface area contributed by atoms with Gasteiger partial charge in [0.05, 0.1) is 20.1 Å². The van der Waals surface area contributed by atoms with Gasteiger partial charge in [-0.15, -0.1) is 0 Å². The van der Waals surface area contributed by atoms with Crippen molar-refractivity contribution in [2.45, 2.75) is 19.3 Å². The molecule has 0 aliphatic carbocycles. The zero-order chi connectivity index (χ0) is 14.4. The number of ketones is 1. The van der Waals surface area contributed by atoms with Gasteiger partial charge in [0.25, 0.3) is 0 Å². The van der Waals surface area contributed by atoms with E-state index < -0.39 is 0 Å². The summed E-state index contributed by atoms with van der Waals surface area (Å²) < 4.78 is 10.6. The van der Waals surface area contributed by atoms with Crippen molar-refractivity contribution in [3.63, 3.8) is 0 Å². The van der Waals surface area contributed by atoms with Crippen molar-refractivity contribution in [1.29, 1.82) is 0 Å². The average molecular weight is 277 g/mol. The smallest absolute Gasteiger partial charge is 0.226 e. The van der Waals surface area contributed by atoms with Gasteiger partial charge in [-0.2, -0.15) is 0 Å². The Hall–Kier alpha value is -2.04. The van der Waals surface area contributed by atoms with E-state index in [9.17, 15) is 9.59 Å². The number of rotatable bonds is 5. The minimum atomic E-state index is 0.0472. The highest BCUT2D eigenvalue weighted by Crippen LogP contribution is 2.17. The maximum atomic E-state index is 11.9. The molecule has 1 heterocycles. The lowest BCUT2D eigenvalue weighted by atomic mass is 10.1. The Kier molecular flexibility index (Phi) is 4.98. The molecule has 0 saturated carbocycles. The summed E-state index contributed by atoms with van der Waals surface area (Å²) in [5.74, 6) is 1.77. The largest absolute Gasteiger partial charge is 0.497 e. The third-order valence-corrected chi connectivity index (χ3v) is 3.32. The van der Waals surface area contributed by atoms with Gasteiger partial charge in [0, 0.05) is 25.9 Å². The van der Waals surface area contributed by atoms with Crippen LogP contribution in [-0.2, 0) is 9.59 Å². The second-order valence-electron chi connectivity index (χ2n) is 4.69. The van der Waals surface area contributed by atoms with E-state index >= 15 is 0 Å². The van der Waals surface area contributed by atoms with Crippen molar-refractivity contribution in [3.8, 4) is 11.5 Å². The van der Waals surface area contributed by atoms with Crippen LogP contribution in [0.3, 0.4) is 0 Å². The first-order valence-electron chi connectivity index (χ1n) is 6.75. The van der Waals surface area contributed by atoms with E-state index in [1.54, 1.807) is 12.0 Å². The molecule has 0 radical (unpaired) electrons. The molecule has 1 fully saturated rings. The molecule has 20 heavy (non-hydrogen) atoms. The van der Waals surface area contributed by atoms with Crippen LogP contribution in [0.2, 0.25) is 0 Å². The monoisotopic (exact) mass is 277 g/mol. The van der Waals surface area contributed by atoms with Crippen LogP contribution >= 0.6 is 0 Å². The molecule has 0 atom stereocenters. The van der Waals surface area contributed by atoms with Gasteiger partial charge in [0.1, 0.15) is 17.3 Å². The van der Waals surface area contributed by atoms with Gasteiger partial charge in [-0.3, -0.25) is 9.59 Å². The molecule has 0 N–H and O–H groups in total. The molecular weight excluding hydrogens is 258 g/mol. The maximum absolute atomic E-state index is 11.9. The fourth-order valence-electron chi connectivity index (χ4n) is 2.09. The summed E-state index contributed by atoms with van der Waals surface area (Å²) in [6, 6.07) is 7.24. The summed E-state index contributed by atoms with van der Waals surface area (Å²) in [5, 5.41) is 0. The normalized spacial score (nSPS) is 15.1. The third-order valence-electron chi connectivity index (χ3n) is 3.32. The first-order valence-corrected chi connectivity index (χ1v) is 6.75. The van der Waals surface area contributed by atoms with Crippen molar-refractivity contribution < 1.29 is 19.1 Å². The molecule has 108 valence electrons. The van der Waals surface area contributed by atoms with E-state index in [-0.39, 0.29) is 11.7 Å². The van der Waals surface area contributed by atoms with E-state index in [1.165, 1.54) is 0 Å². The van der Waals surface area contributed by atoms with Gasteiger partial charge in [-0.25, -0.2) is 0 Å². The predicted molar refractivity (Wildman–Crippen MR) is 73.9 cm³/mol. The molecule has 1 aromatic carbocycles. The maximum Gasteiger partial charge on any atom is 0.226 e. The molecule has 1 aromatic rings. The summed E-state index contributed by atoms with van der Waals surface area (Å²) in [7, 11) is 1.61. The molecule has 0 bridgehead atoms. The second-order valence-corrected chi connectivity index (χ2v) is 4.69. The van der Waals surface area contributed by atoms with Crippen LogP contribution in [0.4, 0.5) is 0 Å². The number of amides is 1. The van der Waals surface area contributed by atoms with Crippen molar-refractivity contribution in [2.75, 3.05) is 26.8 Å². The summed E-state index contributed by atoms with van der Waals surface area (Å²) in [5.41, 5.74) is 0. The highest BCUT2D eigenvalue weighted by molar-refractivity contribution is 5.83. The van der Waals surface area contributed by atoms with Gasteiger partial charge < -0.3 is 14.4 Å². The molecule has 0 unspecified atom stereocenters. The van der Waals surface area contributed by atoms with Crippen LogP contribution in [0.15, 0.2) is 24.3 Å². The van der Waals surface area contributed by atoms with Crippen LogP contribution in [0.5, 0.6) is 11.5 Å². The van der Waals surface area contributed by atoms with E-state index in [0.717, 1.165) is 5.75 Å². The second kappa shape index (κ2) is 6.93. The standard InChI is InChI=1S/C15H19NO4/c1-19-13-2-4-14(5-3-13)20-11-8-15(18)16-9-6-12(17)7-10-16/h2-5H,6-11H2,1H3. The van der Waals surface area contributed by atoms with Crippen LogP contribution < -0.4 is 9.47 Å². The lowest BCUT2D eigenvalue weighted by molar-refractivity contribution is -0.134. The Morgan fingerprint density at radius 1 is 1.15 bits per heavy atom. The summed E-state index contributed by atoms with van der Waals surface area (Å²) in [4.78, 5) is 24.8. The summed E-state index contributed by atoms with van der Waals surface area (Å²) >= 11 is 0. The Morgan fingerprint density at radius 3 is 2.35 bits per heavy atom. The van der Waals surface area contributed by atoms with E-state index in [1.807, 2.05) is 24.3 Å². The van der Waals surface area contributed by atoms with Crippen LogP contribution in [0.1, 0.15) is 19.3 Å². The van der Waals surface area contributed by atoms with Crippen molar-refractivity contribution in [3.05, 3.63) is 24.3 Å². The molecule has 1 amide bonds. The highest BCUT2D eigenvalue weighted by Gasteiger charge is 2.20. The Morgan fingerprint density at radius 2 is 1.75 bits per heavy atom. The zero-order valence-electron chi connectivity index (χ0n) is 11.6. The number of methoxy groups -OCH3 is 1.